The molecule has 7 heteroatoms. The Morgan fingerprint density at radius 2 is 1.82 bits per heavy atom. The maximum atomic E-state index is 10.8. The van der Waals surface area contributed by atoms with E-state index in [2.05, 4.69) is 9.97 Å². The fourth-order valence-corrected chi connectivity index (χ4v) is 1.92. The highest BCUT2D eigenvalue weighted by Crippen LogP contribution is 2.19. The summed E-state index contributed by atoms with van der Waals surface area (Å²) in [6.45, 7) is 0. The minimum Gasteiger partial charge on any atom is -0.478 e. The third-order valence-electron chi connectivity index (χ3n) is 2.91. The molecule has 0 atom stereocenters. The van der Waals surface area contributed by atoms with Crippen LogP contribution in [0.1, 0.15) is 20.8 Å². The number of para-hydroxylation sites is 1. The van der Waals surface area contributed by atoms with E-state index in [-0.39, 0.29) is 5.69 Å². The minimum absolute atomic E-state index is 0.0301. The third-order valence-corrected chi connectivity index (χ3v) is 2.91. The largest absolute Gasteiger partial charge is 0.478 e. The van der Waals surface area contributed by atoms with Crippen LogP contribution in [0.2, 0.25) is 0 Å². The van der Waals surface area contributed by atoms with Gasteiger partial charge in [0.2, 0.25) is 0 Å². The number of rotatable bonds is 2. The van der Waals surface area contributed by atoms with E-state index in [9.17, 15) is 9.59 Å². The van der Waals surface area contributed by atoms with Gasteiger partial charge >= 0.3 is 11.9 Å². The molecule has 22 heavy (non-hydrogen) atoms. The van der Waals surface area contributed by atoms with Gasteiger partial charge in [-0.15, -0.1) is 0 Å². The molecule has 7 nitrogen and oxygen atoms in total. The number of hydrogen-bond acceptors (Lipinski definition) is 4. The van der Waals surface area contributed by atoms with Gasteiger partial charge in [-0.05, 0) is 6.07 Å². The zero-order valence-corrected chi connectivity index (χ0v) is 11.7. The summed E-state index contributed by atoms with van der Waals surface area (Å²) in [5.74, 6) is -1.93. The zero-order chi connectivity index (χ0) is 16.1. The van der Waals surface area contributed by atoms with Gasteiger partial charge in [0.05, 0.1) is 11.8 Å². The molecule has 0 bridgehead atoms. The lowest BCUT2D eigenvalue weighted by molar-refractivity contribution is 0.0682. The van der Waals surface area contributed by atoms with Gasteiger partial charge in [0.25, 0.3) is 0 Å². The summed E-state index contributed by atoms with van der Waals surface area (Å²) in [6.07, 6.45) is 5.59. The van der Waals surface area contributed by atoms with Crippen molar-refractivity contribution < 1.29 is 19.8 Å². The van der Waals surface area contributed by atoms with Gasteiger partial charge in [-0.1, -0.05) is 18.2 Å². The highest BCUT2D eigenvalue weighted by atomic mass is 16.4. The van der Waals surface area contributed by atoms with Crippen LogP contribution in [0.4, 0.5) is 0 Å². The number of nitrogens with zero attached hydrogens (tertiary/aromatic N) is 3. The van der Waals surface area contributed by atoms with Gasteiger partial charge in [-0.3, -0.25) is 4.98 Å². The molecule has 0 aliphatic heterocycles. The standard InChI is InChI=1S/C10H9NO2.C5H4N2O2/c1-11-6-8(10(12)13)7-4-2-3-5-9(7)11;8-5(9)4-3-6-1-2-7-4/h2-6H,1H3,(H,12,13);1-3H,(H,8,9). The average molecular weight is 299 g/mol. The Balaban J connectivity index is 0.000000172. The fraction of sp³-hybridized carbons (Fsp3) is 0.0667. The van der Waals surface area contributed by atoms with Crippen molar-refractivity contribution in [1.82, 2.24) is 14.5 Å². The molecular weight excluding hydrogens is 286 g/mol. The highest BCUT2D eigenvalue weighted by Gasteiger charge is 2.10. The molecule has 0 unspecified atom stereocenters. The average Bonchev–Trinajstić information content (AvgIpc) is 2.87. The predicted molar refractivity (Wildman–Crippen MR) is 78.9 cm³/mol. The van der Waals surface area contributed by atoms with Gasteiger partial charge in [-0.2, -0.15) is 0 Å². The number of carbonyl (C=O) groups is 2. The van der Waals surface area contributed by atoms with E-state index in [0.29, 0.717) is 5.56 Å². The lowest BCUT2D eigenvalue weighted by Crippen LogP contribution is -1.99. The summed E-state index contributed by atoms with van der Waals surface area (Å²) >= 11 is 0. The zero-order valence-electron chi connectivity index (χ0n) is 11.7. The van der Waals surface area contributed by atoms with Crippen LogP contribution in [0.3, 0.4) is 0 Å². The Kier molecular flexibility index (Phi) is 4.47. The normalized spacial score (nSPS) is 9.86. The second-order valence-corrected chi connectivity index (χ2v) is 4.37. The van der Waals surface area contributed by atoms with Crippen molar-refractivity contribution in [2.24, 2.45) is 7.05 Å². The molecule has 0 saturated carbocycles. The second kappa shape index (κ2) is 6.49. The van der Waals surface area contributed by atoms with Crippen LogP contribution in [0.25, 0.3) is 10.9 Å². The summed E-state index contributed by atoms with van der Waals surface area (Å²) in [6, 6.07) is 7.46. The molecule has 0 saturated heterocycles. The van der Waals surface area contributed by atoms with Crippen LogP contribution >= 0.6 is 0 Å². The Morgan fingerprint density at radius 3 is 2.36 bits per heavy atom. The summed E-state index contributed by atoms with van der Waals surface area (Å²) in [5, 5.41) is 18.0. The smallest absolute Gasteiger partial charge is 0.356 e. The molecule has 3 rings (SSSR count). The van der Waals surface area contributed by atoms with Crippen molar-refractivity contribution in [1.29, 1.82) is 0 Å². The minimum atomic E-state index is -1.05. The van der Waals surface area contributed by atoms with Crippen molar-refractivity contribution in [3.8, 4) is 0 Å². The van der Waals surface area contributed by atoms with E-state index < -0.39 is 11.9 Å². The Bertz CT molecular complexity index is 812. The first-order valence-corrected chi connectivity index (χ1v) is 6.27. The molecule has 3 aromatic rings. The molecule has 0 aliphatic rings. The number of carboxylic acids is 2. The van der Waals surface area contributed by atoms with Crippen molar-refractivity contribution in [2.75, 3.05) is 0 Å². The molecule has 0 spiro atoms. The first-order valence-electron chi connectivity index (χ1n) is 6.27. The summed E-state index contributed by atoms with van der Waals surface area (Å²) in [4.78, 5) is 28.0. The van der Waals surface area contributed by atoms with Gasteiger partial charge in [-0.25, -0.2) is 14.6 Å². The van der Waals surface area contributed by atoms with Crippen LogP contribution in [0, 0.1) is 0 Å². The number of aryl methyl sites for hydroxylation is 1. The van der Waals surface area contributed by atoms with Crippen molar-refractivity contribution >= 4 is 22.8 Å². The number of aromatic carboxylic acids is 2. The van der Waals surface area contributed by atoms with Crippen LogP contribution in [0.15, 0.2) is 49.1 Å². The summed E-state index contributed by atoms with van der Waals surface area (Å²) < 4.78 is 1.82. The Hall–Kier alpha value is -3.22. The summed E-state index contributed by atoms with van der Waals surface area (Å²) in [7, 11) is 1.84. The van der Waals surface area contributed by atoms with Gasteiger partial charge < -0.3 is 14.8 Å². The third kappa shape index (κ3) is 3.26. The van der Waals surface area contributed by atoms with Gasteiger partial charge in [0.1, 0.15) is 0 Å². The van der Waals surface area contributed by atoms with Crippen LogP contribution in [-0.2, 0) is 7.05 Å². The SMILES string of the molecule is Cn1cc(C(=O)O)c2ccccc21.O=C(O)c1cnccn1. The van der Waals surface area contributed by atoms with Gasteiger partial charge in [0.15, 0.2) is 5.69 Å². The highest BCUT2D eigenvalue weighted by molar-refractivity contribution is 6.03. The summed E-state index contributed by atoms with van der Waals surface area (Å²) in [5.41, 5.74) is 1.27. The number of fused-ring (bicyclic) bond motifs is 1. The van der Waals surface area contributed by atoms with Crippen LogP contribution in [-0.4, -0.2) is 36.7 Å². The Morgan fingerprint density at radius 1 is 1.09 bits per heavy atom. The van der Waals surface area contributed by atoms with E-state index in [1.165, 1.54) is 18.6 Å². The van der Waals surface area contributed by atoms with Crippen molar-refractivity contribution in [3.63, 3.8) is 0 Å². The van der Waals surface area contributed by atoms with Crippen LogP contribution in [0.5, 0.6) is 0 Å². The molecule has 112 valence electrons. The van der Waals surface area contributed by atoms with E-state index in [0.717, 1.165) is 10.9 Å². The van der Waals surface area contributed by atoms with E-state index >= 15 is 0 Å². The van der Waals surface area contributed by atoms with Crippen molar-refractivity contribution in [3.05, 3.63) is 60.3 Å². The molecular formula is C15H13N3O4. The molecule has 0 fully saturated rings. The molecule has 2 N–H and O–H groups in total. The number of hydrogen-bond donors (Lipinski definition) is 2. The Labute approximate surface area is 125 Å². The maximum Gasteiger partial charge on any atom is 0.356 e. The lowest BCUT2D eigenvalue weighted by Gasteiger charge is -1.92. The van der Waals surface area contributed by atoms with E-state index in [1.807, 2.05) is 35.9 Å². The fourth-order valence-electron chi connectivity index (χ4n) is 1.92. The monoisotopic (exact) mass is 299 g/mol. The predicted octanol–water partition coefficient (Wildman–Crippen LogP) is 2.05. The molecule has 0 amide bonds. The number of carboxylic acid groups (broad SMARTS) is 2. The quantitative estimate of drug-likeness (QED) is 0.750. The molecule has 2 aromatic heterocycles. The first-order chi connectivity index (χ1) is 10.5. The van der Waals surface area contributed by atoms with Crippen molar-refractivity contribution in [2.45, 2.75) is 0 Å². The molecule has 1 aromatic carbocycles. The first kappa shape index (κ1) is 15.2. The molecule has 0 radical (unpaired) electrons. The topological polar surface area (TPSA) is 105 Å². The molecule has 0 aliphatic carbocycles. The van der Waals surface area contributed by atoms with Crippen LogP contribution < -0.4 is 0 Å². The number of aromatic nitrogens is 3. The second-order valence-electron chi connectivity index (χ2n) is 4.37. The van der Waals surface area contributed by atoms with E-state index in [4.69, 9.17) is 10.2 Å². The van der Waals surface area contributed by atoms with Gasteiger partial charge in [0, 0.05) is 36.5 Å². The lowest BCUT2D eigenvalue weighted by atomic mass is 10.2. The molecule has 2 heterocycles. The van der Waals surface area contributed by atoms with E-state index in [1.54, 1.807) is 6.20 Å². The maximum absolute atomic E-state index is 10.8. The number of benzene rings is 1.